The summed E-state index contributed by atoms with van der Waals surface area (Å²) >= 11 is 0. The smallest absolute Gasteiger partial charge is 0.241 e. The molecular weight excluding hydrogens is 272 g/mol. The van der Waals surface area contributed by atoms with E-state index >= 15 is 0 Å². The number of benzene rings is 1. The maximum atomic E-state index is 12.6. The largest absolute Gasteiger partial charge is 0.324 e. The topological polar surface area (TPSA) is 32.3 Å². The van der Waals surface area contributed by atoms with E-state index in [2.05, 4.69) is 17.1 Å². The van der Waals surface area contributed by atoms with Gasteiger partial charge in [-0.15, -0.1) is 0 Å². The molecule has 3 atom stereocenters. The lowest BCUT2D eigenvalue weighted by Gasteiger charge is -2.43. The van der Waals surface area contributed by atoms with E-state index < -0.39 is 0 Å². The van der Waals surface area contributed by atoms with E-state index in [0.29, 0.717) is 0 Å². The van der Waals surface area contributed by atoms with E-state index in [1.807, 2.05) is 31.2 Å². The molecule has 0 spiro atoms. The van der Waals surface area contributed by atoms with Crippen molar-refractivity contribution < 1.29 is 4.79 Å². The molecule has 1 N–H and O–H groups in total. The predicted molar refractivity (Wildman–Crippen MR) is 90.9 cm³/mol. The lowest BCUT2D eigenvalue weighted by molar-refractivity contribution is -0.122. The number of fused-ring (bicyclic) bond motifs is 1. The average Bonchev–Trinajstić information content (AvgIpc) is 2.55. The fraction of sp³-hybridized carbons (Fsp3) is 0.632. The van der Waals surface area contributed by atoms with Crippen LogP contribution in [0, 0.1) is 18.8 Å². The van der Waals surface area contributed by atoms with E-state index in [9.17, 15) is 4.79 Å². The van der Waals surface area contributed by atoms with Crippen LogP contribution in [0.15, 0.2) is 24.3 Å². The second-order valence-corrected chi connectivity index (χ2v) is 7.07. The van der Waals surface area contributed by atoms with Crippen molar-refractivity contribution in [3.05, 3.63) is 29.8 Å². The van der Waals surface area contributed by atoms with Gasteiger partial charge in [0.25, 0.3) is 0 Å². The number of anilines is 1. The molecule has 3 rings (SSSR count). The Labute approximate surface area is 134 Å². The molecule has 0 bridgehead atoms. The monoisotopic (exact) mass is 300 g/mol. The molecule has 1 aromatic rings. The number of nitrogens with zero attached hydrogens (tertiary/aromatic N) is 1. The fourth-order valence-corrected chi connectivity index (χ4v) is 4.10. The minimum atomic E-state index is -0.0394. The maximum absolute atomic E-state index is 12.6. The van der Waals surface area contributed by atoms with Crippen LogP contribution in [0.4, 0.5) is 5.69 Å². The number of rotatable bonds is 3. The summed E-state index contributed by atoms with van der Waals surface area (Å²) in [5, 5.41) is 3.10. The molecule has 1 heterocycles. The Hall–Kier alpha value is -1.35. The van der Waals surface area contributed by atoms with Crippen LogP contribution in [-0.2, 0) is 4.79 Å². The number of aryl methyl sites for hydroxylation is 1. The first-order valence-electron chi connectivity index (χ1n) is 8.75. The summed E-state index contributed by atoms with van der Waals surface area (Å²) < 4.78 is 0. The lowest BCUT2D eigenvalue weighted by Crippen LogP contribution is -2.50. The van der Waals surface area contributed by atoms with Crippen LogP contribution in [0.5, 0.6) is 0 Å². The van der Waals surface area contributed by atoms with Crippen molar-refractivity contribution in [3.63, 3.8) is 0 Å². The van der Waals surface area contributed by atoms with Crippen LogP contribution in [0.1, 0.15) is 44.6 Å². The van der Waals surface area contributed by atoms with Crippen LogP contribution in [-0.4, -0.2) is 29.9 Å². The molecule has 22 heavy (non-hydrogen) atoms. The van der Waals surface area contributed by atoms with Gasteiger partial charge in [0.15, 0.2) is 0 Å². The second kappa shape index (κ2) is 6.82. The second-order valence-electron chi connectivity index (χ2n) is 7.07. The van der Waals surface area contributed by atoms with E-state index in [1.54, 1.807) is 0 Å². The van der Waals surface area contributed by atoms with Crippen LogP contribution in [0.25, 0.3) is 0 Å². The zero-order chi connectivity index (χ0) is 15.5. The first-order valence-corrected chi connectivity index (χ1v) is 8.75. The standard InChI is InChI=1S/C19H28N2O/c1-14-7-3-6-10-18(14)20-19(22)15(2)21-12-11-16-8-4-5-9-17(16)13-21/h3,6-7,10,15-17H,4-5,8-9,11-13H2,1-2H3,(H,20,22)/t15-,16+,17+/m0/s1. The summed E-state index contributed by atoms with van der Waals surface area (Å²) in [5.74, 6) is 1.86. The van der Waals surface area contributed by atoms with Crippen molar-refractivity contribution in [2.45, 2.75) is 52.0 Å². The molecule has 3 heteroatoms. The Morgan fingerprint density at radius 3 is 2.68 bits per heavy atom. The molecule has 1 saturated heterocycles. The van der Waals surface area contributed by atoms with Gasteiger partial charge in [-0.1, -0.05) is 37.5 Å². The average molecular weight is 300 g/mol. The number of hydrogen-bond acceptors (Lipinski definition) is 2. The number of piperidine rings is 1. The highest BCUT2D eigenvalue weighted by molar-refractivity contribution is 5.95. The summed E-state index contributed by atoms with van der Waals surface area (Å²) in [6.45, 7) is 6.26. The van der Waals surface area contributed by atoms with Crippen molar-refractivity contribution in [1.29, 1.82) is 0 Å². The van der Waals surface area contributed by atoms with E-state index in [1.165, 1.54) is 32.1 Å². The highest BCUT2D eigenvalue weighted by atomic mass is 16.2. The minimum absolute atomic E-state index is 0.0394. The lowest BCUT2D eigenvalue weighted by atomic mass is 9.75. The number of nitrogens with one attached hydrogen (secondary N) is 1. The highest BCUT2D eigenvalue weighted by Gasteiger charge is 2.34. The van der Waals surface area contributed by atoms with E-state index in [4.69, 9.17) is 0 Å². The molecule has 1 saturated carbocycles. The third kappa shape index (κ3) is 3.35. The molecular formula is C19H28N2O. The number of carbonyl (C=O) groups is 1. The third-order valence-corrected chi connectivity index (χ3v) is 5.65. The van der Waals surface area contributed by atoms with Crippen molar-refractivity contribution in [1.82, 2.24) is 4.90 Å². The summed E-state index contributed by atoms with van der Waals surface area (Å²) in [7, 11) is 0. The molecule has 0 radical (unpaired) electrons. The first kappa shape index (κ1) is 15.5. The fourth-order valence-electron chi connectivity index (χ4n) is 4.10. The molecule has 1 aliphatic heterocycles. The minimum Gasteiger partial charge on any atom is -0.324 e. The van der Waals surface area contributed by atoms with E-state index in [0.717, 1.165) is 36.2 Å². The van der Waals surface area contributed by atoms with Gasteiger partial charge in [-0.2, -0.15) is 0 Å². The number of carbonyl (C=O) groups excluding carboxylic acids is 1. The molecule has 1 aromatic carbocycles. The molecule has 1 amide bonds. The van der Waals surface area contributed by atoms with Gasteiger partial charge in [0, 0.05) is 12.2 Å². The molecule has 0 aromatic heterocycles. The summed E-state index contributed by atoms with van der Waals surface area (Å²) in [4.78, 5) is 15.0. The highest BCUT2D eigenvalue weighted by Crippen LogP contribution is 2.36. The quantitative estimate of drug-likeness (QED) is 0.920. The Balaban J connectivity index is 1.60. The van der Waals surface area contributed by atoms with Gasteiger partial charge in [-0.3, -0.25) is 9.69 Å². The van der Waals surface area contributed by atoms with Gasteiger partial charge >= 0.3 is 0 Å². The summed E-state index contributed by atoms with van der Waals surface area (Å²) in [5.41, 5.74) is 2.06. The van der Waals surface area contributed by atoms with E-state index in [-0.39, 0.29) is 11.9 Å². The molecule has 0 unspecified atom stereocenters. The van der Waals surface area contributed by atoms with Crippen molar-refractivity contribution in [2.24, 2.45) is 11.8 Å². The molecule has 1 aliphatic carbocycles. The number of para-hydroxylation sites is 1. The van der Waals surface area contributed by atoms with Gasteiger partial charge in [-0.25, -0.2) is 0 Å². The SMILES string of the molecule is Cc1ccccc1NC(=O)[C@H](C)N1CC[C@H]2CCCC[C@@H]2C1. The Kier molecular flexibility index (Phi) is 4.82. The molecule has 3 nitrogen and oxygen atoms in total. The Bertz CT molecular complexity index is 528. The number of likely N-dealkylation sites (tertiary alicyclic amines) is 1. The Morgan fingerprint density at radius 1 is 1.18 bits per heavy atom. The summed E-state index contributed by atoms with van der Waals surface area (Å²) in [6.07, 6.45) is 6.81. The molecule has 2 aliphatic rings. The number of amides is 1. The van der Waals surface area contributed by atoms with Crippen LogP contribution < -0.4 is 5.32 Å². The summed E-state index contributed by atoms with van der Waals surface area (Å²) in [6, 6.07) is 7.95. The van der Waals surface area contributed by atoms with Crippen LogP contribution in [0.3, 0.4) is 0 Å². The van der Waals surface area contributed by atoms with Crippen LogP contribution in [0.2, 0.25) is 0 Å². The normalized spacial score (nSPS) is 27.0. The first-order chi connectivity index (χ1) is 10.6. The van der Waals surface area contributed by atoms with Gasteiger partial charge in [-0.05, 0) is 56.7 Å². The Morgan fingerprint density at radius 2 is 1.91 bits per heavy atom. The van der Waals surface area contributed by atoms with Gasteiger partial charge in [0.05, 0.1) is 6.04 Å². The van der Waals surface area contributed by atoms with Gasteiger partial charge < -0.3 is 5.32 Å². The zero-order valence-electron chi connectivity index (χ0n) is 13.8. The predicted octanol–water partition coefficient (Wildman–Crippen LogP) is 3.83. The van der Waals surface area contributed by atoms with Crippen molar-refractivity contribution in [3.8, 4) is 0 Å². The van der Waals surface area contributed by atoms with Crippen molar-refractivity contribution >= 4 is 11.6 Å². The van der Waals surface area contributed by atoms with Crippen LogP contribution >= 0.6 is 0 Å². The van der Waals surface area contributed by atoms with Gasteiger partial charge in [0.1, 0.15) is 0 Å². The van der Waals surface area contributed by atoms with Gasteiger partial charge in [0.2, 0.25) is 5.91 Å². The third-order valence-electron chi connectivity index (χ3n) is 5.65. The molecule has 120 valence electrons. The van der Waals surface area contributed by atoms with Crippen molar-refractivity contribution in [2.75, 3.05) is 18.4 Å². The number of hydrogen-bond donors (Lipinski definition) is 1. The zero-order valence-corrected chi connectivity index (χ0v) is 13.8. The maximum Gasteiger partial charge on any atom is 0.241 e. The molecule has 2 fully saturated rings.